The van der Waals surface area contributed by atoms with Crippen molar-refractivity contribution in [3.8, 4) is 5.75 Å². The number of ether oxygens (including phenoxy) is 1. The van der Waals surface area contributed by atoms with Crippen LogP contribution in [-0.2, 0) is 16.9 Å². The Bertz CT molecular complexity index is 821. The molecule has 2 aromatic rings. The van der Waals surface area contributed by atoms with Crippen LogP contribution < -0.4 is 10.1 Å². The summed E-state index contributed by atoms with van der Waals surface area (Å²) in [6.07, 6.45) is 0.436. The molecule has 2 aliphatic heterocycles. The predicted molar refractivity (Wildman–Crippen MR) is 91.5 cm³/mol. The highest BCUT2D eigenvalue weighted by Gasteiger charge is 2.54. The molecular formula is C18H15BrN2O3. The molecule has 4 rings (SSSR count). The van der Waals surface area contributed by atoms with E-state index in [-0.39, 0.29) is 18.5 Å². The number of benzene rings is 2. The first-order chi connectivity index (χ1) is 11.6. The van der Waals surface area contributed by atoms with Gasteiger partial charge in [0, 0.05) is 16.5 Å². The van der Waals surface area contributed by atoms with Crippen molar-refractivity contribution in [3.05, 3.63) is 64.1 Å². The molecule has 0 radical (unpaired) electrons. The highest BCUT2D eigenvalue weighted by Crippen LogP contribution is 2.41. The molecule has 122 valence electrons. The molecule has 0 aromatic heterocycles. The molecule has 6 heteroatoms. The van der Waals surface area contributed by atoms with Crippen LogP contribution in [0.4, 0.5) is 4.79 Å². The minimum absolute atomic E-state index is 0.217. The summed E-state index contributed by atoms with van der Waals surface area (Å²) in [7, 11) is 0. The lowest BCUT2D eigenvalue weighted by Gasteiger charge is -2.33. The highest BCUT2D eigenvalue weighted by atomic mass is 79.9. The molecule has 5 nitrogen and oxygen atoms in total. The summed E-state index contributed by atoms with van der Waals surface area (Å²) in [6, 6.07) is 14.6. The third-order valence-corrected chi connectivity index (χ3v) is 5.04. The minimum atomic E-state index is -1.01. The average molecular weight is 387 g/mol. The summed E-state index contributed by atoms with van der Waals surface area (Å²) >= 11 is 3.38. The molecule has 1 saturated heterocycles. The predicted octanol–water partition coefficient (Wildman–Crippen LogP) is 3.18. The van der Waals surface area contributed by atoms with Gasteiger partial charge in [-0.05, 0) is 23.8 Å². The number of fused-ring (bicyclic) bond motifs is 2. The lowest BCUT2D eigenvalue weighted by molar-refractivity contribution is -0.133. The maximum atomic E-state index is 13.1. The van der Waals surface area contributed by atoms with Gasteiger partial charge in [0.15, 0.2) is 5.54 Å². The van der Waals surface area contributed by atoms with Crippen LogP contribution in [0.25, 0.3) is 0 Å². The first-order valence-corrected chi connectivity index (χ1v) is 8.50. The van der Waals surface area contributed by atoms with Gasteiger partial charge in [-0.15, -0.1) is 0 Å². The van der Waals surface area contributed by atoms with Gasteiger partial charge >= 0.3 is 6.03 Å². The van der Waals surface area contributed by atoms with E-state index in [1.807, 2.05) is 48.5 Å². The molecule has 3 amide bonds. The van der Waals surface area contributed by atoms with E-state index in [4.69, 9.17) is 4.74 Å². The molecule has 24 heavy (non-hydrogen) atoms. The van der Waals surface area contributed by atoms with Gasteiger partial charge < -0.3 is 10.1 Å². The van der Waals surface area contributed by atoms with Crippen molar-refractivity contribution in [2.75, 3.05) is 6.61 Å². The molecule has 0 unspecified atom stereocenters. The van der Waals surface area contributed by atoms with Crippen LogP contribution in [0.5, 0.6) is 5.75 Å². The fraction of sp³-hybridized carbons (Fsp3) is 0.222. The quantitative estimate of drug-likeness (QED) is 0.806. The second-order valence-electron chi connectivity index (χ2n) is 5.95. The van der Waals surface area contributed by atoms with Crippen molar-refractivity contribution in [2.45, 2.75) is 18.5 Å². The third kappa shape index (κ3) is 2.29. The van der Waals surface area contributed by atoms with Crippen molar-refractivity contribution in [1.29, 1.82) is 0 Å². The van der Waals surface area contributed by atoms with Crippen molar-refractivity contribution >= 4 is 27.9 Å². The lowest BCUT2D eigenvalue weighted by atomic mass is 9.84. The first kappa shape index (κ1) is 15.2. The smallest absolute Gasteiger partial charge is 0.325 e. The summed E-state index contributed by atoms with van der Waals surface area (Å²) in [6.45, 7) is 0.651. The number of hydrogen-bond donors (Lipinski definition) is 1. The zero-order chi connectivity index (χ0) is 16.7. The Morgan fingerprint density at radius 1 is 1.12 bits per heavy atom. The molecule has 1 N–H and O–H groups in total. The number of imide groups is 1. The van der Waals surface area contributed by atoms with E-state index in [2.05, 4.69) is 21.2 Å². The normalized spacial score (nSPS) is 22.3. The van der Waals surface area contributed by atoms with Gasteiger partial charge in [0.1, 0.15) is 5.75 Å². The Hall–Kier alpha value is -2.34. The van der Waals surface area contributed by atoms with E-state index in [1.54, 1.807) is 0 Å². The van der Waals surface area contributed by atoms with Gasteiger partial charge in [0.25, 0.3) is 5.91 Å². The number of amides is 3. The van der Waals surface area contributed by atoms with E-state index >= 15 is 0 Å². The number of rotatable bonds is 2. The SMILES string of the molecule is O=C1N[C@]2(CCOc3ccccc32)C(=O)N1Cc1ccc(Br)cc1. The van der Waals surface area contributed by atoms with Gasteiger partial charge in [-0.3, -0.25) is 9.69 Å². The summed E-state index contributed by atoms with van der Waals surface area (Å²) in [5.41, 5.74) is 0.619. The lowest BCUT2D eigenvalue weighted by Crippen LogP contribution is -2.47. The van der Waals surface area contributed by atoms with E-state index in [0.29, 0.717) is 18.8 Å². The van der Waals surface area contributed by atoms with Gasteiger partial charge in [-0.1, -0.05) is 46.3 Å². The third-order valence-electron chi connectivity index (χ3n) is 4.51. The number of para-hydroxylation sites is 1. The number of hydrogen-bond acceptors (Lipinski definition) is 3. The molecule has 2 heterocycles. The fourth-order valence-corrected chi connectivity index (χ4v) is 3.55. The van der Waals surface area contributed by atoms with E-state index in [9.17, 15) is 9.59 Å². The number of nitrogens with zero attached hydrogens (tertiary/aromatic N) is 1. The molecule has 2 aromatic carbocycles. The van der Waals surface area contributed by atoms with Gasteiger partial charge in [0.2, 0.25) is 0 Å². The molecule has 1 fully saturated rings. The second-order valence-corrected chi connectivity index (χ2v) is 6.86. The topological polar surface area (TPSA) is 58.6 Å². The summed E-state index contributed by atoms with van der Waals surface area (Å²) in [5.74, 6) is 0.439. The largest absolute Gasteiger partial charge is 0.493 e. The van der Waals surface area contributed by atoms with Gasteiger partial charge in [0.05, 0.1) is 13.2 Å². The highest BCUT2D eigenvalue weighted by molar-refractivity contribution is 9.10. The van der Waals surface area contributed by atoms with Gasteiger partial charge in [-0.25, -0.2) is 4.79 Å². The fourth-order valence-electron chi connectivity index (χ4n) is 3.29. The number of carbonyl (C=O) groups excluding carboxylic acids is 2. The summed E-state index contributed by atoms with van der Waals surface area (Å²) in [5, 5.41) is 2.91. The standard InChI is InChI=1S/C18H15BrN2O3/c19-13-7-5-12(6-8-13)11-21-16(22)18(20-17(21)23)9-10-24-15-4-2-1-3-14(15)18/h1-8H,9-11H2,(H,20,23)/t18-/m0/s1. The van der Waals surface area contributed by atoms with Crippen LogP contribution in [0.15, 0.2) is 53.0 Å². The molecule has 0 aliphatic carbocycles. The van der Waals surface area contributed by atoms with Crippen molar-refractivity contribution in [3.63, 3.8) is 0 Å². The summed E-state index contributed by atoms with van der Waals surface area (Å²) < 4.78 is 6.59. The molecule has 1 spiro atoms. The minimum Gasteiger partial charge on any atom is -0.493 e. The first-order valence-electron chi connectivity index (χ1n) is 7.71. The average Bonchev–Trinajstić information content (AvgIpc) is 2.82. The van der Waals surface area contributed by atoms with Crippen LogP contribution in [0, 0.1) is 0 Å². The molecule has 1 atom stereocenters. The molecule has 0 saturated carbocycles. The molecular weight excluding hydrogens is 372 g/mol. The van der Waals surface area contributed by atoms with Crippen LogP contribution in [0.1, 0.15) is 17.5 Å². The number of carbonyl (C=O) groups is 2. The van der Waals surface area contributed by atoms with Crippen LogP contribution >= 0.6 is 15.9 Å². The molecule has 2 aliphatic rings. The zero-order valence-electron chi connectivity index (χ0n) is 12.8. The Morgan fingerprint density at radius 3 is 2.67 bits per heavy atom. The summed E-state index contributed by atoms with van der Waals surface area (Å²) in [4.78, 5) is 26.9. The number of urea groups is 1. The van der Waals surface area contributed by atoms with Crippen molar-refractivity contribution in [2.24, 2.45) is 0 Å². The Kier molecular flexibility index (Phi) is 3.57. The van der Waals surface area contributed by atoms with E-state index in [0.717, 1.165) is 15.6 Å². The van der Waals surface area contributed by atoms with Crippen LogP contribution in [-0.4, -0.2) is 23.4 Å². The molecule has 0 bridgehead atoms. The van der Waals surface area contributed by atoms with E-state index < -0.39 is 5.54 Å². The van der Waals surface area contributed by atoms with Crippen LogP contribution in [0.2, 0.25) is 0 Å². The zero-order valence-corrected chi connectivity index (χ0v) is 14.4. The van der Waals surface area contributed by atoms with E-state index in [1.165, 1.54) is 4.90 Å². The Balaban J connectivity index is 1.68. The van der Waals surface area contributed by atoms with Crippen molar-refractivity contribution < 1.29 is 14.3 Å². The second kappa shape index (κ2) is 5.63. The monoisotopic (exact) mass is 386 g/mol. The number of halogens is 1. The maximum absolute atomic E-state index is 13.1. The van der Waals surface area contributed by atoms with Gasteiger partial charge in [-0.2, -0.15) is 0 Å². The maximum Gasteiger partial charge on any atom is 0.325 e. The Morgan fingerprint density at radius 2 is 1.88 bits per heavy atom. The number of nitrogens with one attached hydrogen (secondary N) is 1. The Labute approximate surface area is 147 Å². The van der Waals surface area contributed by atoms with Crippen molar-refractivity contribution in [1.82, 2.24) is 10.2 Å². The van der Waals surface area contributed by atoms with Crippen LogP contribution in [0.3, 0.4) is 0 Å².